The number of hydrogen-bond donors (Lipinski definition) is 0. The van der Waals surface area contributed by atoms with Gasteiger partial charge in [0.1, 0.15) is 0 Å². The van der Waals surface area contributed by atoms with Crippen molar-refractivity contribution >= 4 is 30.5 Å². The number of carbonyl (C=O) groups is 1. The van der Waals surface area contributed by atoms with Crippen LogP contribution >= 0.6 is 0 Å². The molecule has 0 saturated carbocycles. The third-order valence-corrected chi connectivity index (χ3v) is 5.94. The molecule has 2 aromatic rings. The molecule has 0 fully saturated rings. The van der Waals surface area contributed by atoms with Crippen molar-refractivity contribution in [3.8, 4) is 5.75 Å². The molecule has 0 aliphatic heterocycles. The molecule has 0 amide bonds. The first-order valence-corrected chi connectivity index (χ1v) is 8.42. The summed E-state index contributed by atoms with van der Waals surface area (Å²) in [5, 5.41) is 0. The molecule has 2 rings (SSSR count). The van der Waals surface area contributed by atoms with Crippen LogP contribution in [0.2, 0.25) is 3.46 Å². The number of esters is 1. The van der Waals surface area contributed by atoms with Crippen LogP contribution in [-0.2, 0) is 4.79 Å². The summed E-state index contributed by atoms with van der Waals surface area (Å²) >= 11 is -0.633. The summed E-state index contributed by atoms with van der Waals surface area (Å²) in [6.07, 6.45) is 0. The molecule has 0 heterocycles. The van der Waals surface area contributed by atoms with Gasteiger partial charge in [-0.3, -0.25) is 0 Å². The van der Waals surface area contributed by atoms with Crippen molar-refractivity contribution in [3.05, 3.63) is 60.7 Å². The molecule has 19 heavy (non-hydrogen) atoms. The van der Waals surface area contributed by atoms with Gasteiger partial charge in [-0.05, 0) is 0 Å². The van der Waals surface area contributed by atoms with Gasteiger partial charge in [-0.2, -0.15) is 0 Å². The van der Waals surface area contributed by atoms with Gasteiger partial charge < -0.3 is 0 Å². The second-order valence-electron chi connectivity index (χ2n) is 4.63. The first kappa shape index (κ1) is 14.1. The van der Waals surface area contributed by atoms with Crippen molar-refractivity contribution in [2.24, 2.45) is 0 Å². The molecule has 98 valence electrons. The van der Waals surface area contributed by atoms with E-state index in [9.17, 15) is 4.79 Å². The van der Waals surface area contributed by atoms with Crippen molar-refractivity contribution in [1.82, 2.24) is 0 Å². The number of rotatable bonds is 4. The van der Waals surface area contributed by atoms with Gasteiger partial charge in [-0.1, -0.05) is 0 Å². The van der Waals surface area contributed by atoms with E-state index in [0.29, 0.717) is 5.75 Å². The summed E-state index contributed by atoms with van der Waals surface area (Å²) in [6.45, 7) is 3.93. The van der Waals surface area contributed by atoms with Crippen molar-refractivity contribution < 1.29 is 9.53 Å². The maximum atomic E-state index is 12.2. The van der Waals surface area contributed by atoms with Crippen molar-refractivity contribution in [2.45, 2.75) is 17.3 Å². The van der Waals surface area contributed by atoms with Crippen LogP contribution in [0.5, 0.6) is 5.75 Å². The third-order valence-electron chi connectivity index (χ3n) is 2.56. The van der Waals surface area contributed by atoms with Crippen LogP contribution in [0.3, 0.4) is 0 Å². The van der Waals surface area contributed by atoms with Crippen LogP contribution in [0.25, 0.3) is 0 Å². The van der Waals surface area contributed by atoms with E-state index in [1.54, 1.807) is 12.1 Å². The monoisotopic (exact) mass is 370 g/mol. The summed E-state index contributed by atoms with van der Waals surface area (Å²) in [5.41, 5.74) is 0. The van der Waals surface area contributed by atoms with Gasteiger partial charge in [-0.15, -0.1) is 0 Å². The third kappa shape index (κ3) is 4.09. The topological polar surface area (TPSA) is 26.3 Å². The fourth-order valence-electron chi connectivity index (χ4n) is 1.54. The molecule has 2 nitrogen and oxygen atoms in total. The molecule has 0 saturated heterocycles. The Hall–Kier alpha value is -1.30. The predicted molar refractivity (Wildman–Crippen MR) is 77.9 cm³/mol. The zero-order valence-electron chi connectivity index (χ0n) is 11.0. The van der Waals surface area contributed by atoms with Gasteiger partial charge in [0.2, 0.25) is 0 Å². The molecule has 0 bridgehead atoms. The summed E-state index contributed by atoms with van der Waals surface area (Å²) < 4.78 is 6.30. The standard InChI is InChI=1S/C16H16O2Te/c1-16(2,19-14-11-7-4-8-12-14)15(17)18-13-9-5-3-6-10-13/h3-12H,1-2H3. The average Bonchev–Trinajstić information content (AvgIpc) is 2.40. The Morgan fingerprint density at radius 2 is 1.47 bits per heavy atom. The molecule has 3 heteroatoms. The maximum absolute atomic E-state index is 12.2. The molecule has 0 N–H and O–H groups in total. The first-order valence-electron chi connectivity index (χ1n) is 6.09. The minimum absolute atomic E-state index is 0.148. The number of ether oxygens (including phenoxy) is 1. The SMILES string of the molecule is CC(C)([Te]c1ccccc1)C(=O)Oc1ccccc1. The quantitative estimate of drug-likeness (QED) is 0.472. The van der Waals surface area contributed by atoms with Crippen LogP contribution in [0.4, 0.5) is 0 Å². The molecular weight excluding hydrogens is 352 g/mol. The van der Waals surface area contributed by atoms with E-state index in [1.165, 1.54) is 3.61 Å². The van der Waals surface area contributed by atoms with E-state index in [1.807, 2.05) is 50.2 Å². The van der Waals surface area contributed by atoms with Crippen molar-refractivity contribution in [1.29, 1.82) is 0 Å². The molecule has 0 spiro atoms. The second-order valence-corrected chi connectivity index (χ2v) is 9.47. The molecular formula is C16H16O2Te. The Morgan fingerprint density at radius 3 is 2.05 bits per heavy atom. The fraction of sp³-hybridized carbons (Fsp3) is 0.188. The van der Waals surface area contributed by atoms with Gasteiger partial charge >= 0.3 is 124 Å². The molecule has 0 unspecified atom stereocenters. The molecule has 0 radical (unpaired) electrons. The zero-order valence-corrected chi connectivity index (χ0v) is 13.3. The summed E-state index contributed by atoms with van der Waals surface area (Å²) in [6, 6.07) is 19.4. The second kappa shape index (κ2) is 6.23. The number of para-hydroxylation sites is 1. The molecule has 0 aliphatic carbocycles. The van der Waals surface area contributed by atoms with Crippen molar-refractivity contribution in [2.75, 3.05) is 0 Å². The van der Waals surface area contributed by atoms with Crippen LogP contribution in [0.15, 0.2) is 60.7 Å². The Morgan fingerprint density at radius 1 is 0.947 bits per heavy atom. The minimum atomic E-state index is -0.633. The summed E-state index contributed by atoms with van der Waals surface area (Å²) in [5.74, 6) is 0.464. The zero-order chi connectivity index (χ0) is 13.7. The first-order chi connectivity index (χ1) is 9.08. The summed E-state index contributed by atoms with van der Waals surface area (Å²) in [4.78, 5) is 12.2. The molecule has 0 aliphatic rings. The Bertz CT molecular complexity index is 535. The summed E-state index contributed by atoms with van der Waals surface area (Å²) in [7, 11) is 0. The number of carbonyl (C=O) groups excluding carboxylic acids is 1. The van der Waals surface area contributed by atoms with E-state index in [4.69, 9.17) is 4.74 Å². The Balaban J connectivity index is 2.05. The van der Waals surface area contributed by atoms with Gasteiger partial charge in [-0.25, -0.2) is 0 Å². The predicted octanol–water partition coefficient (Wildman–Crippen LogP) is 2.82. The van der Waals surface area contributed by atoms with E-state index in [-0.39, 0.29) is 5.97 Å². The van der Waals surface area contributed by atoms with E-state index < -0.39 is 24.4 Å². The van der Waals surface area contributed by atoms with E-state index >= 15 is 0 Å². The van der Waals surface area contributed by atoms with Crippen LogP contribution in [0.1, 0.15) is 13.8 Å². The van der Waals surface area contributed by atoms with E-state index in [0.717, 1.165) is 0 Å². The Labute approximate surface area is 123 Å². The van der Waals surface area contributed by atoms with Crippen molar-refractivity contribution in [3.63, 3.8) is 0 Å². The van der Waals surface area contributed by atoms with Gasteiger partial charge in [0, 0.05) is 0 Å². The van der Waals surface area contributed by atoms with Gasteiger partial charge in [0.15, 0.2) is 0 Å². The number of hydrogen-bond acceptors (Lipinski definition) is 2. The molecule has 0 atom stereocenters. The molecule has 0 aromatic heterocycles. The van der Waals surface area contributed by atoms with Gasteiger partial charge in [0.25, 0.3) is 0 Å². The fourth-order valence-corrected chi connectivity index (χ4v) is 4.42. The van der Waals surface area contributed by atoms with Crippen LogP contribution < -0.4 is 8.35 Å². The molecule has 2 aromatic carbocycles. The number of benzene rings is 2. The Kier molecular flexibility index (Phi) is 4.63. The average molecular weight is 368 g/mol. The normalized spacial score (nSPS) is 11.1. The van der Waals surface area contributed by atoms with E-state index in [2.05, 4.69) is 12.1 Å². The van der Waals surface area contributed by atoms with Gasteiger partial charge in [0.05, 0.1) is 0 Å². The van der Waals surface area contributed by atoms with Crippen LogP contribution in [-0.4, -0.2) is 26.9 Å². The van der Waals surface area contributed by atoms with Crippen LogP contribution in [0, 0.1) is 0 Å².